The van der Waals surface area contributed by atoms with Crippen LogP contribution in [0.4, 0.5) is 0 Å². The molecule has 1 fully saturated rings. The Balaban J connectivity index is 1.59. The zero-order chi connectivity index (χ0) is 17.6. The summed E-state index contributed by atoms with van der Waals surface area (Å²) < 4.78 is 2.22. The van der Waals surface area contributed by atoms with E-state index < -0.39 is 11.8 Å². The number of benzene rings is 1. The van der Waals surface area contributed by atoms with Crippen molar-refractivity contribution in [2.45, 2.75) is 43.6 Å². The molecule has 1 saturated heterocycles. The fourth-order valence-electron chi connectivity index (χ4n) is 3.32. The first-order valence-electron chi connectivity index (χ1n) is 8.17. The zero-order valence-electron chi connectivity index (χ0n) is 13.3. The summed E-state index contributed by atoms with van der Waals surface area (Å²) >= 11 is 9.44. The minimum atomic E-state index is -0.658. The average molecular weight is 427 g/mol. The van der Waals surface area contributed by atoms with Gasteiger partial charge in [0, 0.05) is 16.9 Å². The van der Waals surface area contributed by atoms with Gasteiger partial charge in [0.25, 0.3) is 5.56 Å². The van der Waals surface area contributed by atoms with Crippen LogP contribution in [0, 0.1) is 0 Å². The molecule has 1 aromatic heterocycles. The number of hydrogen-bond acceptors (Lipinski definition) is 6. The van der Waals surface area contributed by atoms with E-state index in [1.807, 2.05) is 0 Å². The number of halogens is 2. The zero-order valence-corrected chi connectivity index (χ0v) is 15.7. The van der Waals surface area contributed by atoms with Gasteiger partial charge in [-0.1, -0.05) is 11.6 Å². The molecule has 0 amide bonds. The number of hydrogen-bond donors (Lipinski definition) is 2. The van der Waals surface area contributed by atoms with Gasteiger partial charge in [-0.15, -0.1) is 0 Å². The Morgan fingerprint density at radius 3 is 2.96 bits per heavy atom. The summed E-state index contributed by atoms with van der Waals surface area (Å²) in [7, 11) is 0. The second kappa shape index (κ2) is 6.42. The van der Waals surface area contributed by atoms with Gasteiger partial charge in [-0.2, -0.15) is 10.2 Å². The van der Waals surface area contributed by atoms with E-state index in [4.69, 9.17) is 11.6 Å². The summed E-state index contributed by atoms with van der Waals surface area (Å²) in [4.78, 5) is 17.1. The Kier molecular flexibility index (Phi) is 4.39. The van der Waals surface area contributed by atoms with Gasteiger partial charge in [-0.05, 0) is 47.4 Å². The molecule has 0 spiro atoms. The van der Waals surface area contributed by atoms with E-state index in [-0.39, 0.29) is 11.6 Å². The average Bonchev–Trinajstić information content (AvgIpc) is 3.34. The summed E-state index contributed by atoms with van der Waals surface area (Å²) in [6.07, 6.45) is 3.42. The lowest BCUT2D eigenvalue weighted by molar-refractivity contribution is 0.0850. The van der Waals surface area contributed by atoms with Crippen molar-refractivity contribution in [3.05, 3.63) is 38.3 Å². The molecule has 1 aromatic carbocycles. The van der Waals surface area contributed by atoms with E-state index >= 15 is 0 Å². The maximum absolute atomic E-state index is 12.8. The molecule has 132 valence electrons. The van der Waals surface area contributed by atoms with Crippen LogP contribution in [-0.2, 0) is 6.54 Å². The number of nitrogens with zero attached hydrogens (tertiary/aromatic N) is 4. The number of rotatable bonds is 4. The van der Waals surface area contributed by atoms with Gasteiger partial charge in [0.05, 0.1) is 34.9 Å². The maximum atomic E-state index is 12.8. The van der Waals surface area contributed by atoms with Crippen LogP contribution in [0.1, 0.15) is 19.3 Å². The molecule has 0 saturated carbocycles. The quantitative estimate of drug-likeness (QED) is 0.785. The summed E-state index contributed by atoms with van der Waals surface area (Å²) in [5.74, 6) is 0. The van der Waals surface area contributed by atoms with Crippen LogP contribution in [0.5, 0.6) is 0 Å². The molecular weight excluding hydrogens is 410 g/mol. The Bertz CT molecular complexity index is 909. The SMILES string of the molecule is O=c1c2cc(Cl)c(Br)cc2ncn1CC1(CC2NCCCC2O)N=N1. The van der Waals surface area contributed by atoms with Gasteiger partial charge in [0.1, 0.15) is 0 Å². The third-order valence-electron chi connectivity index (χ3n) is 4.77. The lowest BCUT2D eigenvalue weighted by Gasteiger charge is -2.30. The fourth-order valence-corrected chi connectivity index (χ4v) is 3.81. The minimum absolute atomic E-state index is 0.0572. The lowest BCUT2D eigenvalue weighted by Crippen LogP contribution is -2.48. The highest BCUT2D eigenvalue weighted by molar-refractivity contribution is 9.10. The Morgan fingerprint density at radius 1 is 1.44 bits per heavy atom. The van der Waals surface area contributed by atoms with E-state index in [1.54, 1.807) is 12.1 Å². The van der Waals surface area contributed by atoms with Gasteiger partial charge in [0.2, 0.25) is 5.66 Å². The summed E-state index contributed by atoms with van der Waals surface area (Å²) in [6, 6.07) is 3.29. The maximum Gasteiger partial charge on any atom is 0.261 e. The number of piperidine rings is 1. The molecule has 9 heteroatoms. The van der Waals surface area contributed by atoms with Gasteiger partial charge in [-0.25, -0.2) is 4.98 Å². The molecule has 2 aromatic rings. The highest BCUT2D eigenvalue weighted by atomic mass is 79.9. The topological polar surface area (TPSA) is 91.9 Å². The number of fused-ring (bicyclic) bond motifs is 1. The van der Waals surface area contributed by atoms with Crippen molar-refractivity contribution < 1.29 is 5.11 Å². The molecule has 7 nitrogen and oxygen atoms in total. The summed E-state index contributed by atoms with van der Waals surface area (Å²) in [5, 5.41) is 22.7. The van der Waals surface area contributed by atoms with E-state index in [0.717, 1.165) is 19.4 Å². The molecule has 2 atom stereocenters. The standard InChI is InChI=1S/C16H17BrClN5O2/c17-10-5-12-9(4-11(10)18)15(25)23(8-20-12)7-16(21-22-16)6-13-14(24)2-1-3-19-13/h4-5,8,13-14,19,24H,1-3,6-7H2. The van der Waals surface area contributed by atoms with Gasteiger partial charge >= 0.3 is 0 Å². The Hall–Kier alpha value is -1.35. The van der Waals surface area contributed by atoms with Crippen molar-refractivity contribution in [2.24, 2.45) is 10.2 Å². The fraction of sp³-hybridized carbons (Fsp3) is 0.500. The molecule has 0 bridgehead atoms. The van der Waals surface area contributed by atoms with Gasteiger partial charge in [0.15, 0.2) is 0 Å². The second-order valence-corrected chi connectivity index (χ2v) is 7.88. The smallest absolute Gasteiger partial charge is 0.261 e. The largest absolute Gasteiger partial charge is 0.392 e. The van der Waals surface area contributed by atoms with Crippen molar-refractivity contribution in [3.63, 3.8) is 0 Å². The monoisotopic (exact) mass is 425 g/mol. The van der Waals surface area contributed by atoms with Crippen LogP contribution in [0.15, 0.2) is 38.0 Å². The molecule has 25 heavy (non-hydrogen) atoms. The predicted molar refractivity (Wildman–Crippen MR) is 97.9 cm³/mol. The van der Waals surface area contributed by atoms with E-state index in [9.17, 15) is 9.90 Å². The van der Waals surface area contributed by atoms with Crippen LogP contribution < -0.4 is 10.9 Å². The number of aliphatic hydroxyl groups is 1. The van der Waals surface area contributed by atoms with E-state index in [0.29, 0.717) is 33.4 Å². The van der Waals surface area contributed by atoms with Crippen LogP contribution in [0.3, 0.4) is 0 Å². The minimum Gasteiger partial charge on any atom is -0.392 e. The highest BCUT2D eigenvalue weighted by Gasteiger charge is 2.44. The first-order chi connectivity index (χ1) is 12.0. The number of aliphatic hydroxyl groups excluding tert-OH is 1. The number of nitrogens with one attached hydrogen (secondary N) is 1. The molecule has 2 aliphatic heterocycles. The van der Waals surface area contributed by atoms with Crippen LogP contribution in [-0.4, -0.2) is 39.0 Å². The van der Waals surface area contributed by atoms with E-state index in [2.05, 4.69) is 36.5 Å². The molecule has 4 rings (SSSR count). The Morgan fingerprint density at radius 2 is 2.24 bits per heavy atom. The summed E-state index contributed by atoms with van der Waals surface area (Å²) in [5.41, 5.74) is -0.247. The molecule has 0 aliphatic carbocycles. The molecule has 2 aliphatic rings. The van der Waals surface area contributed by atoms with Crippen LogP contribution in [0.25, 0.3) is 10.9 Å². The third-order valence-corrected chi connectivity index (χ3v) is 5.96. The normalized spacial score (nSPS) is 24.6. The van der Waals surface area contributed by atoms with Gasteiger partial charge in [-0.3, -0.25) is 9.36 Å². The molecule has 0 radical (unpaired) electrons. The third kappa shape index (κ3) is 3.36. The first kappa shape index (κ1) is 17.1. The van der Waals surface area contributed by atoms with Crippen molar-refractivity contribution in [3.8, 4) is 0 Å². The molecule has 3 heterocycles. The Labute approximate surface area is 157 Å². The first-order valence-corrected chi connectivity index (χ1v) is 9.34. The summed E-state index contributed by atoms with van der Waals surface area (Å²) in [6.45, 7) is 1.19. The van der Waals surface area contributed by atoms with Crippen molar-refractivity contribution >= 4 is 38.4 Å². The highest BCUT2D eigenvalue weighted by Crippen LogP contribution is 2.36. The molecule has 2 unspecified atom stereocenters. The van der Waals surface area contributed by atoms with Crippen molar-refractivity contribution in [1.29, 1.82) is 0 Å². The van der Waals surface area contributed by atoms with Crippen molar-refractivity contribution in [2.75, 3.05) is 6.54 Å². The molecule has 2 N–H and O–H groups in total. The predicted octanol–water partition coefficient (Wildman–Crippen LogP) is 2.48. The second-order valence-electron chi connectivity index (χ2n) is 6.62. The van der Waals surface area contributed by atoms with Crippen molar-refractivity contribution in [1.82, 2.24) is 14.9 Å². The van der Waals surface area contributed by atoms with Crippen LogP contribution in [0.2, 0.25) is 5.02 Å². The van der Waals surface area contributed by atoms with Gasteiger partial charge < -0.3 is 10.4 Å². The molecular formula is C16H17BrClN5O2. The van der Waals surface area contributed by atoms with E-state index in [1.165, 1.54) is 10.9 Å². The number of aromatic nitrogens is 2. The van der Waals surface area contributed by atoms with Crippen LogP contribution >= 0.6 is 27.5 Å². The lowest BCUT2D eigenvalue weighted by atomic mass is 9.93.